The second kappa shape index (κ2) is 13.8. The number of nitrogens with zero attached hydrogens (tertiary/aromatic N) is 3. The van der Waals surface area contributed by atoms with Crippen molar-refractivity contribution in [3.05, 3.63) is 65.9 Å². The normalized spacial score (nSPS) is 11.1. The number of benzene rings is 2. The largest absolute Gasteiger partial charge is 0.333 e. The van der Waals surface area contributed by atoms with E-state index in [0.717, 1.165) is 47.3 Å². The number of amides is 2. The first-order valence-corrected chi connectivity index (χ1v) is 13.6. The molecule has 0 saturated carbocycles. The van der Waals surface area contributed by atoms with Gasteiger partial charge in [-0.2, -0.15) is 5.10 Å². The van der Waals surface area contributed by atoms with Crippen LogP contribution in [0.3, 0.4) is 0 Å². The third-order valence-electron chi connectivity index (χ3n) is 6.49. The Morgan fingerprint density at radius 3 is 2.30 bits per heavy atom. The fraction of sp³-hybridized carbons (Fsp3) is 0.452. The summed E-state index contributed by atoms with van der Waals surface area (Å²) < 4.78 is 1.81. The molecular formula is C31H42N4O2. The third kappa shape index (κ3) is 7.78. The Hall–Kier alpha value is -3.41. The van der Waals surface area contributed by atoms with Gasteiger partial charge in [-0.05, 0) is 43.4 Å². The van der Waals surface area contributed by atoms with Crippen molar-refractivity contribution in [3.8, 4) is 16.8 Å². The van der Waals surface area contributed by atoms with Gasteiger partial charge in [0.1, 0.15) is 5.82 Å². The van der Waals surface area contributed by atoms with Gasteiger partial charge >= 0.3 is 0 Å². The molecule has 3 rings (SSSR count). The monoisotopic (exact) mass is 502 g/mol. The topological polar surface area (TPSA) is 67.2 Å². The molecule has 6 heteroatoms. The number of unbranched alkanes of at least 4 members (excludes halogenated alkanes) is 4. The predicted molar refractivity (Wildman–Crippen MR) is 152 cm³/mol. The molecule has 0 saturated heterocycles. The van der Waals surface area contributed by atoms with Crippen molar-refractivity contribution in [2.24, 2.45) is 5.92 Å². The van der Waals surface area contributed by atoms with Crippen molar-refractivity contribution >= 4 is 17.6 Å². The number of anilines is 1. The summed E-state index contributed by atoms with van der Waals surface area (Å²) in [6.07, 6.45) is 5.93. The first kappa shape index (κ1) is 28.2. The standard InChI is InChI=1S/C31H42N4O2/c1-6-7-8-9-13-20-29(37)34(21-23(2)3)22-28(36)32-31-30(26-17-11-10-12-18-26)25(5)33-35(31)27-19-15-14-16-24(27)4/h10-12,14-19,23H,6-9,13,20-22H2,1-5H3,(H,32,36). The number of aryl methyl sites for hydroxylation is 2. The van der Waals surface area contributed by atoms with Crippen LogP contribution in [0, 0.1) is 19.8 Å². The summed E-state index contributed by atoms with van der Waals surface area (Å²) >= 11 is 0. The van der Waals surface area contributed by atoms with Crippen LogP contribution in [-0.2, 0) is 9.59 Å². The van der Waals surface area contributed by atoms with Crippen LogP contribution in [-0.4, -0.2) is 39.6 Å². The molecule has 0 unspecified atom stereocenters. The molecule has 2 amide bonds. The van der Waals surface area contributed by atoms with E-state index < -0.39 is 0 Å². The van der Waals surface area contributed by atoms with Crippen LogP contribution in [0.5, 0.6) is 0 Å². The molecule has 3 aromatic rings. The summed E-state index contributed by atoms with van der Waals surface area (Å²) in [7, 11) is 0. The zero-order valence-corrected chi connectivity index (χ0v) is 23.1. The first-order valence-electron chi connectivity index (χ1n) is 13.6. The molecule has 1 heterocycles. The quantitative estimate of drug-likeness (QED) is 0.257. The minimum atomic E-state index is -0.216. The summed E-state index contributed by atoms with van der Waals surface area (Å²) in [6.45, 7) is 10.9. The lowest BCUT2D eigenvalue weighted by atomic mass is 10.1. The van der Waals surface area contributed by atoms with Crippen molar-refractivity contribution in [1.82, 2.24) is 14.7 Å². The molecule has 1 aromatic heterocycles. The van der Waals surface area contributed by atoms with Crippen LogP contribution in [0.4, 0.5) is 5.82 Å². The number of aromatic nitrogens is 2. The van der Waals surface area contributed by atoms with E-state index in [-0.39, 0.29) is 24.3 Å². The Balaban J connectivity index is 1.86. The lowest BCUT2D eigenvalue weighted by molar-refractivity contribution is -0.135. The summed E-state index contributed by atoms with van der Waals surface area (Å²) in [4.78, 5) is 28.2. The van der Waals surface area contributed by atoms with Crippen LogP contribution in [0.15, 0.2) is 54.6 Å². The molecule has 0 fully saturated rings. The molecule has 198 valence electrons. The molecule has 0 aliphatic carbocycles. The molecular weight excluding hydrogens is 460 g/mol. The molecule has 2 aromatic carbocycles. The lowest BCUT2D eigenvalue weighted by Crippen LogP contribution is -2.40. The highest BCUT2D eigenvalue weighted by Crippen LogP contribution is 2.34. The van der Waals surface area contributed by atoms with E-state index in [2.05, 4.69) is 26.1 Å². The first-order chi connectivity index (χ1) is 17.8. The molecule has 0 bridgehead atoms. The molecule has 0 aliphatic rings. The molecule has 6 nitrogen and oxygen atoms in total. The van der Waals surface area contributed by atoms with Gasteiger partial charge in [-0.25, -0.2) is 4.68 Å². The van der Waals surface area contributed by atoms with Gasteiger partial charge < -0.3 is 10.2 Å². The molecule has 0 radical (unpaired) electrons. The van der Waals surface area contributed by atoms with Crippen LogP contribution in [0.25, 0.3) is 16.8 Å². The van der Waals surface area contributed by atoms with E-state index in [1.54, 1.807) is 4.90 Å². The van der Waals surface area contributed by atoms with Gasteiger partial charge in [0.25, 0.3) is 0 Å². The SMILES string of the molecule is CCCCCCCC(=O)N(CC(=O)Nc1c(-c2ccccc2)c(C)nn1-c1ccccc1C)CC(C)C. The van der Waals surface area contributed by atoms with Crippen molar-refractivity contribution in [3.63, 3.8) is 0 Å². The Kier molecular flexibility index (Phi) is 10.5. The van der Waals surface area contributed by atoms with Crippen LogP contribution in [0.1, 0.15) is 70.6 Å². The molecule has 1 N–H and O–H groups in total. The molecule has 0 atom stereocenters. The zero-order chi connectivity index (χ0) is 26.8. The maximum absolute atomic E-state index is 13.4. The fourth-order valence-electron chi connectivity index (χ4n) is 4.65. The Morgan fingerprint density at radius 2 is 1.62 bits per heavy atom. The summed E-state index contributed by atoms with van der Waals surface area (Å²) in [5, 5.41) is 7.95. The highest BCUT2D eigenvalue weighted by Gasteiger charge is 2.23. The molecule has 0 spiro atoms. The van der Waals surface area contributed by atoms with E-state index >= 15 is 0 Å². The minimum Gasteiger partial charge on any atom is -0.333 e. The fourth-order valence-corrected chi connectivity index (χ4v) is 4.65. The Morgan fingerprint density at radius 1 is 0.946 bits per heavy atom. The van der Waals surface area contributed by atoms with Crippen molar-refractivity contribution in [2.45, 2.75) is 73.1 Å². The highest BCUT2D eigenvalue weighted by atomic mass is 16.2. The van der Waals surface area contributed by atoms with Crippen molar-refractivity contribution in [1.29, 1.82) is 0 Å². The van der Waals surface area contributed by atoms with Crippen LogP contribution < -0.4 is 5.32 Å². The summed E-state index contributed by atoms with van der Waals surface area (Å²) in [5.74, 6) is 0.732. The Labute approximate surface area is 222 Å². The summed E-state index contributed by atoms with van der Waals surface area (Å²) in [6, 6.07) is 18.0. The number of carbonyl (C=O) groups is 2. The van der Waals surface area contributed by atoms with E-state index in [1.165, 1.54) is 12.8 Å². The van der Waals surface area contributed by atoms with Gasteiger partial charge in [0, 0.05) is 18.5 Å². The number of nitrogens with one attached hydrogen (secondary N) is 1. The van der Waals surface area contributed by atoms with Crippen LogP contribution >= 0.6 is 0 Å². The maximum Gasteiger partial charge on any atom is 0.245 e. The number of hydrogen-bond acceptors (Lipinski definition) is 3. The second-order valence-corrected chi connectivity index (χ2v) is 10.3. The van der Waals surface area contributed by atoms with E-state index in [1.807, 2.05) is 73.1 Å². The minimum absolute atomic E-state index is 0.0260. The van der Waals surface area contributed by atoms with Crippen molar-refractivity contribution in [2.75, 3.05) is 18.4 Å². The van der Waals surface area contributed by atoms with Gasteiger partial charge in [-0.3, -0.25) is 9.59 Å². The lowest BCUT2D eigenvalue weighted by Gasteiger charge is -2.24. The average molecular weight is 503 g/mol. The molecule has 37 heavy (non-hydrogen) atoms. The van der Waals surface area contributed by atoms with Gasteiger partial charge in [0.15, 0.2) is 0 Å². The molecule has 0 aliphatic heterocycles. The van der Waals surface area contributed by atoms with E-state index in [4.69, 9.17) is 5.10 Å². The smallest absolute Gasteiger partial charge is 0.245 e. The summed E-state index contributed by atoms with van der Waals surface area (Å²) in [5.41, 5.74) is 4.66. The number of rotatable bonds is 13. The zero-order valence-electron chi connectivity index (χ0n) is 23.1. The maximum atomic E-state index is 13.4. The Bertz CT molecular complexity index is 1170. The third-order valence-corrected chi connectivity index (χ3v) is 6.49. The highest BCUT2D eigenvalue weighted by molar-refractivity contribution is 5.98. The second-order valence-electron chi connectivity index (χ2n) is 10.3. The van der Waals surface area contributed by atoms with E-state index in [9.17, 15) is 9.59 Å². The van der Waals surface area contributed by atoms with Gasteiger partial charge in [-0.15, -0.1) is 0 Å². The number of carbonyl (C=O) groups excluding carboxylic acids is 2. The van der Waals surface area contributed by atoms with Gasteiger partial charge in [0.05, 0.1) is 17.9 Å². The van der Waals surface area contributed by atoms with Crippen molar-refractivity contribution < 1.29 is 9.59 Å². The number of hydrogen-bond donors (Lipinski definition) is 1. The van der Waals surface area contributed by atoms with Gasteiger partial charge in [-0.1, -0.05) is 95.0 Å². The average Bonchev–Trinajstić information content (AvgIpc) is 3.19. The van der Waals surface area contributed by atoms with E-state index in [0.29, 0.717) is 18.8 Å². The van der Waals surface area contributed by atoms with Crippen LogP contribution in [0.2, 0.25) is 0 Å². The van der Waals surface area contributed by atoms with Gasteiger partial charge in [0.2, 0.25) is 11.8 Å². The predicted octanol–water partition coefficient (Wildman–Crippen LogP) is 6.94. The number of para-hydroxylation sites is 1.